The summed E-state index contributed by atoms with van der Waals surface area (Å²) in [4.78, 5) is 24.7. The number of rotatable bonds is 18. The predicted octanol–water partition coefficient (Wildman–Crippen LogP) is 2.61. The molecule has 0 saturated carbocycles. The highest BCUT2D eigenvalue weighted by atomic mass is 16.3. The Balaban J connectivity index is 2.25. The molecule has 1 rings (SSSR count). The number of nitrogens with two attached hydrogens (primary N) is 1. The van der Waals surface area contributed by atoms with E-state index >= 15 is 0 Å². The van der Waals surface area contributed by atoms with Gasteiger partial charge in [-0.25, -0.2) is 0 Å². The molecule has 0 spiro atoms. The van der Waals surface area contributed by atoms with E-state index in [0.29, 0.717) is 19.4 Å². The van der Waals surface area contributed by atoms with Crippen molar-refractivity contribution >= 4 is 11.8 Å². The fourth-order valence-electron chi connectivity index (χ4n) is 3.33. The summed E-state index contributed by atoms with van der Waals surface area (Å²) in [7, 11) is 0. The molecule has 1 aromatic rings. The maximum atomic E-state index is 12.6. The topological polar surface area (TPSA) is 116 Å². The summed E-state index contributed by atoms with van der Waals surface area (Å²) in [6.45, 7) is 5.30. The van der Waals surface area contributed by atoms with Gasteiger partial charge in [0.15, 0.2) is 0 Å². The van der Waals surface area contributed by atoms with Crippen molar-refractivity contribution in [2.45, 2.75) is 77.2 Å². The number of carbonyl (C=O) groups is 2. The lowest BCUT2D eigenvalue weighted by atomic mass is 10.0. The van der Waals surface area contributed by atoms with Crippen molar-refractivity contribution in [2.24, 2.45) is 5.73 Å². The summed E-state index contributed by atoms with van der Waals surface area (Å²) in [5.74, 6) is -0.100. The molecule has 0 aliphatic carbocycles. The van der Waals surface area contributed by atoms with Gasteiger partial charge in [0.1, 0.15) is 11.8 Å². The number of phenolic OH excluding ortho intramolecular Hbond substituents is 1. The SMILES string of the molecule is CCCC(=O)N[C@@H](Cc1ccc(O)cc1)C(=O)NCCCCNCCCCCCCN. The van der Waals surface area contributed by atoms with Crippen molar-refractivity contribution in [3.63, 3.8) is 0 Å². The zero-order chi connectivity index (χ0) is 22.7. The lowest BCUT2D eigenvalue weighted by Gasteiger charge is -2.19. The van der Waals surface area contributed by atoms with Crippen LogP contribution >= 0.6 is 0 Å². The molecule has 7 heteroatoms. The van der Waals surface area contributed by atoms with Crippen molar-refractivity contribution in [2.75, 3.05) is 26.2 Å². The molecular weight excluding hydrogens is 392 g/mol. The second-order valence-corrected chi connectivity index (χ2v) is 8.05. The number of unbranched alkanes of at least 4 members (excludes halogenated alkanes) is 5. The molecule has 1 atom stereocenters. The zero-order valence-electron chi connectivity index (χ0n) is 19.1. The van der Waals surface area contributed by atoms with E-state index in [1.807, 2.05) is 6.92 Å². The molecule has 0 unspecified atom stereocenters. The summed E-state index contributed by atoms with van der Waals surface area (Å²) in [5, 5.41) is 18.7. The molecule has 7 nitrogen and oxygen atoms in total. The third-order valence-corrected chi connectivity index (χ3v) is 5.14. The minimum atomic E-state index is -0.610. The average molecular weight is 435 g/mol. The molecule has 0 bridgehead atoms. The smallest absolute Gasteiger partial charge is 0.242 e. The molecular formula is C24H42N4O3. The Morgan fingerprint density at radius 2 is 1.55 bits per heavy atom. The fourth-order valence-corrected chi connectivity index (χ4v) is 3.33. The van der Waals surface area contributed by atoms with Crippen LogP contribution in [-0.4, -0.2) is 49.1 Å². The van der Waals surface area contributed by atoms with Gasteiger partial charge in [-0.05, 0) is 69.4 Å². The van der Waals surface area contributed by atoms with Gasteiger partial charge in [0.05, 0.1) is 0 Å². The summed E-state index contributed by atoms with van der Waals surface area (Å²) in [5.41, 5.74) is 6.38. The van der Waals surface area contributed by atoms with Crippen LogP contribution in [0.15, 0.2) is 24.3 Å². The minimum absolute atomic E-state index is 0.117. The Kier molecular flexibility index (Phi) is 15.2. The first-order valence-electron chi connectivity index (χ1n) is 11.8. The van der Waals surface area contributed by atoms with Crippen molar-refractivity contribution in [1.29, 1.82) is 0 Å². The molecule has 0 fully saturated rings. The highest BCUT2D eigenvalue weighted by molar-refractivity contribution is 5.87. The standard InChI is InChI=1S/C24H42N4O3/c1-2-10-23(30)28-22(19-20-11-13-21(29)14-12-20)24(31)27-18-9-8-17-26-16-7-5-3-4-6-15-25/h11-14,22,26,29H,2-10,15-19,25H2,1H3,(H,27,31)(H,28,30)/t22-/m0/s1. The molecule has 6 N–H and O–H groups in total. The van der Waals surface area contributed by atoms with E-state index < -0.39 is 6.04 Å². The monoisotopic (exact) mass is 434 g/mol. The van der Waals surface area contributed by atoms with Crippen molar-refractivity contribution < 1.29 is 14.7 Å². The van der Waals surface area contributed by atoms with Gasteiger partial charge in [-0.15, -0.1) is 0 Å². The molecule has 0 aliphatic rings. The highest BCUT2D eigenvalue weighted by Gasteiger charge is 2.20. The van der Waals surface area contributed by atoms with Crippen LogP contribution in [0.1, 0.15) is 70.3 Å². The van der Waals surface area contributed by atoms with Gasteiger partial charge in [0.25, 0.3) is 0 Å². The van der Waals surface area contributed by atoms with Crippen LogP contribution in [0.4, 0.5) is 0 Å². The molecule has 1 aromatic carbocycles. The van der Waals surface area contributed by atoms with Gasteiger partial charge in [0, 0.05) is 19.4 Å². The van der Waals surface area contributed by atoms with Crippen molar-refractivity contribution in [3.8, 4) is 5.75 Å². The summed E-state index contributed by atoms with van der Waals surface area (Å²) in [6.07, 6.45) is 9.47. The molecule has 2 amide bonds. The lowest BCUT2D eigenvalue weighted by Crippen LogP contribution is -2.48. The minimum Gasteiger partial charge on any atom is -0.508 e. The van der Waals surface area contributed by atoms with Gasteiger partial charge in [-0.2, -0.15) is 0 Å². The van der Waals surface area contributed by atoms with Crippen LogP contribution in [0.5, 0.6) is 5.75 Å². The van der Waals surface area contributed by atoms with Gasteiger partial charge >= 0.3 is 0 Å². The summed E-state index contributed by atoms with van der Waals surface area (Å²) >= 11 is 0. The van der Waals surface area contributed by atoms with Gasteiger partial charge in [-0.3, -0.25) is 9.59 Å². The van der Waals surface area contributed by atoms with Gasteiger partial charge in [-0.1, -0.05) is 38.3 Å². The van der Waals surface area contributed by atoms with Crippen LogP contribution in [-0.2, 0) is 16.0 Å². The predicted molar refractivity (Wildman–Crippen MR) is 126 cm³/mol. The molecule has 176 valence electrons. The number of hydrogen-bond acceptors (Lipinski definition) is 5. The van der Waals surface area contributed by atoms with E-state index in [4.69, 9.17) is 5.73 Å². The molecule has 0 aliphatic heterocycles. The third-order valence-electron chi connectivity index (χ3n) is 5.14. The van der Waals surface area contributed by atoms with Crippen LogP contribution < -0.4 is 21.7 Å². The first-order chi connectivity index (χ1) is 15.1. The summed E-state index contributed by atoms with van der Waals surface area (Å²) in [6, 6.07) is 6.11. The van der Waals surface area contributed by atoms with Crippen molar-refractivity contribution in [3.05, 3.63) is 29.8 Å². The molecule has 0 radical (unpaired) electrons. The average Bonchev–Trinajstić information content (AvgIpc) is 2.75. The van der Waals surface area contributed by atoms with Crippen LogP contribution in [0.25, 0.3) is 0 Å². The molecule has 31 heavy (non-hydrogen) atoms. The number of nitrogens with one attached hydrogen (secondary N) is 3. The maximum absolute atomic E-state index is 12.6. The fraction of sp³-hybridized carbons (Fsp3) is 0.667. The van der Waals surface area contributed by atoms with Gasteiger partial charge in [0.2, 0.25) is 11.8 Å². The molecule has 0 saturated heterocycles. The maximum Gasteiger partial charge on any atom is 0.242 e. The first kappa shape index (κ1) is 26.9. The molecule has 0 heterocycles. The second kappa shape index (κ2) is 17.5. The van der Waals surface area contributed by atoms with Gasteiger partial charge < -0.3 is 26.8 Å². The lowest BCUT2D eigenvalue weighted by molar-refractivity contribution is -0.129. The quantitative estimate of drug-likeness (QED) is 0.228. The largest absolute Gasteiger partial charge is 0.508 e. The normalized spacial score (nSPS) is 11.8. The zero-order valence-corrected chi connectivity index (χ0v) is 19.1. The Labute approximate surface area is 187 Å². The summed E-state index contributed by atoms with van der Waals surface area (Å²) < 4.78 is 0. The number of carbonyl (C=O) groups excluding carboxylic acids is 2. The van der Waals surface area contributed by atoms with E-state index in [1.54, 1.807) is 24.3 Å². The van der Waals surface area contributed by atoms with E-state index in [-0.39, 0.29) is 17.6 Å². The van der Waals surface area contributed by atoms with E-state index in [0.717, 1.165) is 50.9 Å². The Morgan fingerprint density at radius 1 is 0.935 bits per heavy atom. The Hall–Kier alpha value is -2.12. The van der Waals surface area contributed by atoms with E-state index in [2.05, 4.69) is 16.0 Å². The second-order valence-electron chi connectivity index (χ2n) is 8.05. The number of hydrogen-bond donors (Lipinski definition) is 5. The van der Waals surface area contributed by atoms with E-state index in [1.165, 1.54) is 25.7 Å². The number of aromatic hydroxyl groups is 1. The van der Waals surface area contributed by atoms with Crippen LogP contribution in [0.3, 0.4) is 0 Å². The Bertz CT molecular complexity index is 607. The van der Waals surface area contributed by atoms with Crippen LogP contribution in [0, 0.1) is 0 Å². The highest BCUT2D eigenvalue weighted by Crippen LogP contribution is 2.11. The number of benzene rings is 1. The van der Waals surface area contributed by atoms with Crippen molar-refractivity contribution in [1.82, 2.24) is 16.0 Å². The third kappa shape index (κ3) is 13.7. The first-order valence-corrected chi connectivity index (χ1v) is 11.8. The Morgan fingerprint density at radius 3 is 2.23 bits per heavy atom. The molecule has 0 aromatic heterocycles. The van der Waals surface area contributed by atoms with E-state index in [9.17, 15) is 14.7 Å². The number of amides is 2. The number of phenols is 1. The van der Waals surface area contributed by atoms with Crippen LogP contribution in [0.2, 0.25) is 0 Å².